The molecule has 5 heteroatoms. The molecule has 1 heterocycles. The van der Waals surface area contributed by atoms with Crippen molar-refractivity contribution in [2.45, 2.75) is 39.2 Å². The minimum atomic E-state index is -0.833. The Balaban J connectivity index is 0.000000423. The van der Waals surface area contributed by atoms with E-state index in [1.54, 1.807) is 0 Å². The topological polar surface area (TPSA) is 86.6 Å². The van der Waals surface area contributed by atoms with Crippen LogP contribution in [0.15, 0.2) is 0 Å². The van der Waals surface area contributed by atoms with E-state index in [2.05, 4.69) is 12.2 Å². The second-order valence-electron chi connectivity index (χ2n) is 3.90. The zero-order chi connectivity index (χ0) is 11.8. The molecule has 0 spiro atoms. The highest BCUT2D eigenvalue weighted by atomic mass is 16.4. The predicted octanol–water partition coefficient (Wildman–Crippen LogP) is 0.940. The van der Waals surface area contributed by atoms with Crippen molar-refractivity contribution < 1.29 is 19.8 Å². The number of carboxylic acids is 2. The lowest BCUT2D eigenvalue weighted by molar-refractivity contribution is -0.138. The Kier molecular flexibility index (Phi) is 6.70. The molecule has 1 aliphatic rings. The van der Waals surface area contributed by atoms with Crippen molar-refractivity contribution in [2.75, 3.05) is 6.54 Å². The molecular formula is C10H19NO4. The van der Waals surface area contributed by atoms with Crippen LogP contribution in [0.5, 0.6) is 0 Å². The van der Waals surface area contributed by atoms with Gasteiger partial charge in [0.2, 0.25) is 0 Å². The number of carbonyl (C=O) groups is 2. The number of hydrogen-bond donors (Lipinski definition) is 3. The van der Waals surface area contributed by atoms with E-state index in [0.29, 0.717) is 5.92 Å². The maximum atomic E-state index is 10.3. The van der Waals surface area contributed by atoms with Crippen LogP contribution in [0.4, 0.5) is 0 Å². The van der Waals surface area contributed by atoms with Gasteiger partial charge in [0.05, 0.1) is 6.42 Å². The van der Waals surface area contributed by atoms with Gasteiger partial charge in [-0.3, -0.25) is 9.59 Å². The largest absolute Gasteiger partial charge is 0.481 e. The molecule has 1 fully saturated rings. The third-order valence-electron chi connectivity index (χ3n) is 2.18. The first-order valence-corrected chi connectivity index (χ1v) is 5.06. The second-order valence-corrected chi connectivity index (χ2v) is 3.90. The number of nitrogens with one attached hydrogen (secondary N) is 1. The quantitative estimate of drug-likeness (QED) is 0.640. The van der Waals surface area contributed by atoms with Crippen LogP contribution < -0.4 is 5.32 Å². The molecule has 0 amide bonds. The number of piperidine rings is 1. The molecule has 0 bridgehead atoms. The predicted molar refractivity (Wildman–Crippen MR) is 55.8 cm³/mol. The van der Waals surface area contributed by atoms with Crippen LogP contribution in [-0.4, -0.2) is 34.7 Å². The summed E-state index contributed by atoms with van der Waals surface area (Å²) in [6.07, 6.45) is 2.44. The first-order chi connectivity index (χ1) is 6.91. The van der Waals surface area contributed by atoms with Gasteiger partial charge in [0.1, 0.15) is 0 Å². The van der Waals surface area contributed by atoms with Gasteiger partial charge in [0.15, 0.2) is 0 Å². The molecule has 0 aliphatic carbocycles. The molecule has 3 N–H and O–H groups in total. The normalized spacial score (nSPS) is 24.9. The molecule has 0 radical (unpaired) electrons. The van der Waals surface area contributed by atoms with Crippen molar-refractivity contribution >= 4 is 11.9 Å². The number of hydrogen-bond acceptors (Lipinski definition) is 3. The summed E-state index contributed by atoms with van der Waals surface area (Å²) in [5, 5.41) is 19.1. The fourth-order valence-electron chi connectivity index (χ4n) is 1.44. The summed E-state index contributed by atoms with van der Waals surface area (Å²) in [4.78, 5) is 19.3. The van der Waals surface area contributed by atoms with Crippen LogP contribution in [0.2, 0.25) is 0 Å². The highest BCUT2D eigenvalue weighted by Crippen LogP contribution is 2.14. The summed E-state index contributed by atoms with van der Waals surface area (Å²) in [5.41, 5.74) is 0. The van der Waals surface area contributed by atoms with Crippen molar-refractivity contribution in [2.24, 2.45) is 5.92 Å². The molecule has 0 aromatic rings. The molecule has 5 nitrogen and oxygen atoms in total. The Morgan fingerprint density at radius 2 is 1.87 bits per heavy atom. The zero-order valence-electron chi connectivity index (χ0n) is 9.19. The van der Waals surface area contributed by atoms with E-state index < -0.39 is 11.9 Å². The van der Waals surface area contributed by atoms with Crippen LogP contribution in [0.3, 0.4) is 0 Å². The third kappa shape index (κ3) is 9.21. The first kappa shape index (κ1) is 13.9. The van der Waals surface area contributed by atoms with Crippen LogP contribution in [-0.2, 0) is 9.59 Å². The second kappa shape index (κ2) is 7.23. The fraction of sp³-hybridized carbons (Fsp3) is 0.800. The van der Waals surface area contributed by atoms with Gasteiger partial charge >= 0.3 is 5.97 Å². The maximum absolute atomic E-state index is 10.3. The first-order valence-electron chi connectivity index (χ1n) is 5.06. The van der Waals surface area contributed by atoms with Gasteiger partial charge in [-0.1, -0.05) is 6.92 Å². The monoisotopic (exact) mass is 217 g/mol. The van der Waals surface area contributed by atoms with Gasteiger partial charge in [-0.05, 0) is 25.3 Å². The van der Waals surface area contributed by atoms with Crippen LogP contribution in [0.1, 0.15) is 33.1 Å². The SMILES string of the molecule is CC(=O)O.CC1CCC(CC(=O)O)NC1. The van der Waals surface area contributed by atoms with Gasteiger partial charge in [-0.2, -0.15) is 0 Å². The number of aliphatic carboxylic acids is 2. The number of carboxylic acid groups (broad SMARTS) is 2. The van der Waals surface area contributed by atoms with Crippen molar-refractivity contribution in [3.8, 4) is 0 Å². The van der Waals surface area contributed by atoms with Gasteiger partial charge < -0.3 is 15.5 Å². The van der Waals surface area contributed by atoms with Gasteiger partial charge in [0, 0.05) is 13.0 Å². The van der Waals surface area contributed by atoms with Gasteiger partial charge in [0.25, 0.3) is 5.97 Å². The third-order valence-corrected chi connectivity index (χ3v) is 2.18. The van der Waals surface area contributed by atoms with Gasteiger partial charge in [-0.15, -0.1) is 0 Å². The molecule has 0 aromatic heterocycles. The van der Waals surface area contributed by atoms with E-state index in [-0.39, 0.29) is 12.5 Å². The highest BCUT2D eigenvalue weighted by molar-refractivity contribution is 5.67. The summed E-state index contributed by atoms with van der Waals surface area (Å²) in [5.74, 6) is -0.822. The summed E-state index contributed by atoms with van der Waals surface area (Å²) in [7, 11) is 0. The summed E-state index contributed by atoms with van der Waals surface area (Å²) < 4.78 is 0. The molecule has 2 atom stereocenters. The van der Waals surface area contributed by atoms with Gasteiger partial charge in [-0.25, -0.2) is 0 Å². The Bertz CT molecular complexity index is 205. The van der Waals surface area contributed by atoms with E-state index in [1.165, 1.54) is 0 Å². The molecule has 0 aromatic carbocycles. The van der Waals surface area contributed by atoms with E-state index in [9.17, 15) is 4.79 Å². The smallest absolute Gasteiger partial charge is 0.304 e. The van der Waals surface area contributed by atoms with E-state index >= 15 is 0 Å². The summed E-state index contributed by atoms with van der Waals surface area (Å²) in [6, 6.07) is 0.212. The fourth-order valence-corrected chi connectivity index (χ4v) is 1.44. The molecular weight excluding hydrogens is 198 g/mol. The highest BCUT2D eigenvalue weighted by Gasteiger charge is 2.19. The van der Waals surface area contributed by atoms with E-state index in [1.807, 2.05) is 0 Å². The van der Waals surface area contributed by atoms with E-state index in [0.717, 1.165) is 26.3 Å². The number of rotatable bonds is 2. The van der Waals surface area contributed by atoms with E-state index in [4.69, 9.17) is 15.0 Å². The van der Waals surface area contributed by atoms with Crippen molar-refractivity contribution in [3.05, 3.63) is 0 Å². The Labute approximate surface area is 89.5 Å². The average Bonchev–Trinajstić information content (AvgIpc) is 2.07. The molecule has 2 unspecified atom stereocenters. The standard InChI is InChI=1S/C8H15NO2.C2H4O2/c1-6-2-3-7(9-5-6)4-8(10)11;1-2(3)4/h6-7,9H,2-5H2,1H3,(H,10,11);1H3,(H,3,4). The Hall–Kier alpha value is -1.10. The summed E-state index contributed by atoms with van der Waals surface area (Å²) >= 11 is 0. The lowest BCUT2D eigenvalue weighted by Gasteiger charge is -2.26. The Morgan fingerprint density at radius 1 is 1.33 bits per heavy atom. The molecule has 15 heavy (non-hydrogen) atoms. The van der Waals surface area contributed by atoms with Crippen LogP contribution in [0.25, 0.3) is 0 Å². The molecule has 0 saturated carbocycles. The van der Waals surface area contributed by atoms with Crippen LogP contribution in [0, 0.1) is 5.92 Å². The molecule has 1 rings (SSSR count). The molecule has 1 saturated heterocycles. The lowest BCUT2D eigenvalue weighted by Crippen LogP contribution is -2.39. The van der Waals surface area contributed by atoms with Crippen molar-refractivity contribution in [1.82, 2.24) is 5.32 Å². The molecule has 1 aliphatic heterocycles. The van der Waals surface area contributed by atoms with Crippen molar-refractivity contribution in [1.29, 1.82) is 0 Å². The van der Waals surface area contributed by atoms with Crippen molar-refractivity contribution in [3.63, 3.8) is 0 Å². The minimum absolute atomic E-state index is 0.212. The molecule has 88 valence electrons. The summed E-state index contributed by atoms with van der Waals surface area (Å²) in [6.45, 7) is 4.24. The average molecular weight is 217 g/mol. The minimum Gasteiger partial charge on any atom is -0.481 e. The maximum Gasteiger partial charge on any atom is 0.304 e. The lowest BCUT2D eigenvalue weighted by atomic mass is 9.95. The van der Waals surface area contributed by atoms with Crippen LogP contribution >= 0.6 is 0 Å². The zero-order valence-corrected chi connectivity index (χ0v) is 9.19. The Morgan fingerprint density at radius 3 is 2.20 bits per heavy atom.